The molecule has 202 valence electrons. The first-order chi connectivity index (χ1) is 16.6. The number of esters is 1. The Morgan fingerprint density at radius 2 is 1.03 bits per heavy atom. The zero-order chi connectivity index (χ0) is 25.1. The highest BCUT2D eigenvalue weighted by Gasteiger charge is 2.06. The third-order valence-electron chi connectivity index (χ3n) is 5.68. The fraction of sp³-hybridized carbons (Fsp3) is 0.923. The van der Waals surface area contributed by atoms with Crippen LogP contribution in [-0.4, -0.2) is 57.4 Å². The van der Waals surface area contributed by atoms with Gasteiger partial charge in [-0.2, -0.15) is 0 Å². The minimum Gasteiger partial charge on any atom is -0.481 e. The van der Waals surface area contributed by atoms with E-state index in [0.717, 1.165) is 83.5 Å². The summed E-state index contributed by atoms with van der Waals surface area (Å²) in [4.78, 5) is 32.6. The number of ether oxygens (including phenoxy) is 3. The predicted molar refractivity (Wildman–Crippen MR) is 131 cm³/mol. The number of methoxy groups -OCH3 is 2. The van der Waals surface area contributed by atoms with Crippen LogP contribution in [0.25, 0.3) is 0 Å². The molecular formula is C26H50O8. The first kappa shape index (κ1) is 32.8. The number of rotatable bonds is 27. The van der Waals surface area contributed by atoms with Crippen molar-refractivity contribution in [1.82, 2.24) is 0 Å². The number of carbonyl (C=O) groups excluding carboxylic acids is 1. The second kappa shape index (κ2) is 26.4. The van der Waals surface area contributed by atoms with Gasteiger partial charge in [-0.25, -0.2) is 9.78 Å². The van der Waals surface area contributed by atoms with Gasteiger partial charge in [0.2, 0.25) is 0 Å². The number of carbonyl (C=O) groups is 2. The Morgan fingerprint density at radius 3 is 1.50 bits per heavy atom. The highest BCUT2D eigenvalue weighted by atomic mass is 17.2. The third kappa shape index (κ3) is 25.4. The van der Waals surface area contributed by atoms with Crippen molar-refractivity contribution >= 4 is 11.9 Å². The van der Waals surface area contributed by atoms with E-state index in [1.165, 1.54) is 19.3 Å². The zero-order valence-corrected chi connectivity index (χ0v) is 21.7. The lowest BCUT2D eigenvalue weighted by Crippen LogP contribution is -2.14. The molecule has 0 unspecified atom stereocenters. The fourth-order valence-corrected chi connectivity index (χ4v) is 3.59. The second-order valence-corrected chi connectivity index (χ2v) is 8.75. The van der Waals surface area contributed by atoms with E-state index in [1.807, 2.05) is 0 Å². The summed E-state index contributed by atoms with van der Waals surface area (Å²) in [7, 11) is 3.21. The number of carboxylic acids is 1. The van der Waals surface area contributed by atoms with Gasteiger partial charge in [-0.1, -0.05) is 64.2 Å². The van der Waals surface area contributed by atoms with Gasteiger partial charge in [-0.3, -0.25) is 9.59 Å². The molecule has 0 aromatic rings. The Hall–Kier alpha value is -1.22. The van der Waals surface area contributed by atoms with Gasteiger partial charge in [-0.05, 0) is 32.1 Å². The number of hydrogen-bond donors (Lipinski definition) is 1. The summed E-state index contributed by atoms with van der Waals surface area (Å²) in [5.74, 6) is -0.813. The molecule has 0 fully saturated rings. The lowest BCUT2D eigenvalue weighted by Gasteiger charge is -2.12. The van der Waals surface area contributed by atoms with Crippen molar-refractivity contribution < 1.29 is 38.7 Å². The molecule has 0 heterocycles. The molecule has 0 radical (unpaired) electrons. The van der Waals surface area contributed by atoms with Gasteiger partial charge in [0.1, 0.15) is 0 Å². The van der Waals surface area contributed by atoms with Crippen LogP contribution in [0.1, 0.15) is 116 Å². The van der Waals surface area contributed by atoms with Crippen molar-refractivity contribution in [2.45, 2.75) is 122 Å². The Kier molecular flexibility index (Phi) is 25.4. The average molecular weight is 491 g/mol. The maximum atomic E-state index is 11.7. The summed E-state index contributed by atoms with van der Waals surface area (Å²) >= 11 is 0. The molecule has 0 aliphatic rings. The Bertz CT molecular complexity index is 454. The van der Waals surface area contributed by atoms with Crippen LogP contribution in [0.5, 0.6) is 0 Å². The molecule has 1 N–H and O–H groups in total. The number of aliphatic carboxylic acids is 1. The third-order valence-corrected chi connectivity index (χ3v) is 5.68. The summed E-state index contributed by atoms with van der Waals surface area (Å²) in [6, 6.07) is 0. The molecule has 34 heavy (non-hydrogen) atoms. The average Bonchev–Trinajstić information content (AvgIpc) is 2.82. The minimum atomic E-state index is -0.698. The molecular weight excluding hydrogens is 440 g/mol. The van der Waals surface area contributed by atoms with Crippen LogP contribution in [0, 0.1) is 0 Å². The quantitative estimate of drug-likeness (QED) is 0.0477. The van der Waals surface area contributed by atoms with E-state index < -0.39 is 5.97 Å². The van der Waals surface area contributed by atoms with Gasteiger partial charge in [0.05, 0.1) is 19.8 Å². The Balaban J connectivity index is 3.17. The smallest absolute Gasteiger partial charge is 0.305 e. The maximum absolute atomic E-state index is 11.7. The second-order valence-electron chi connectivity index (χ2n) is 8.75. The van der Waals surface area contributed by atoms with Gasteiger partial charge in [0.25, 0.3) is 0 Å². The van der Waals surface area contributed by atoms with Crippen molar-refractivity contribution in [3.05, 3.63) is 0 Å². The van der Waals surface area contributed by atoms with Crippen LogP contribution in [0.4, 0.5) is 0 Å². The van der Waals surface area contributed by atoms with Gasteiger partial charge in [-0.15, -0.1) is 0 Å². The van der Waals surface area contributed by atoms with Gasteiger partial charge in [0.15, 0.2) is 6.29 Å². The minimum absolute atomic E-state index is 0.114. The monoisotopic (exact) mass is 490 g/mol. The van der Waals surface area contributed by atoms with E-state index in [2.05, 4.69) is 0 Å². The molecule has 0 atom stereocenters. The number of unbranched alkanes of at least 4 members (excludes halogenated alkanes) is 12. The van der Waals surface area contributed by atoms with E-state index in [-0.39, 0.29) is 18.7 Å². The topological polar surface area (TPSA) is 101 Å². The first-order valence-corrected chi connectivity index (χ1v) is 13.3. The van der Waals surface area contributed by atoms with Gasteiger partial charge in [0, 0.05) is 33.5 Å². The van der Waals surface area contributed by atoms with E-state index in [1.54, 1.807) is 14.2 Å². The molecule has 8 nitrogen and oxygen atoms in total. The molecule has 0 saturated carbocycles. The van der Waals surface area contributed by atoms with Crippen molar-refractivity contribution in [1.29, 1.82) is 0 Å². The van der Waals surface area contributed by atoms with E-state index in [4.69, 9.17) is 29.1 Å². The molecule has 8 heteroatoms. The summed E-state index contributed by atoms with van der Waals surface area (Å²) in [6.07, 6.45) is 17.0. The van der Waals surface area contributed by atoms with Gasteiger partial charge >= 0.3 is 11.9 Å². The molecule has 0 amide bonds. The normalized spacial score (nSPS) is 11.3. The molecule has 0 bridgehead atoms. The Labute approximate surface area is 206 Å². The SMILES string of the molecule is COC(CCCOC(=O)CCCCCCCCCOOCCCCCCCCCC(=O)O)OC. The lowest BCUT2D eigenvalue weighted by molar-refractivity contribution is -0.295. The van der Waals surface area contributed by atoms with Gasteiger partial charge < -0.3 is 19.3 Å². The van der Waals surface area contributed by atoms with E-state index in [9.17, 15) is 9.59 Å². The summed E-state index contributed by atoms with van der Waals surface area (Å²) in [6.45, 7) is 1.71. The van der Waals surface area contributed by atoms with Crippen LogP contribution < -0.4 is 0 Å². The fourth-order valence-electron chi connectivity index (χ4n) is 3.59. The molecule has 0 saturated heterocycles. The van der Waals surface area contributed by atoms with Crippen LogP contribution in [0.15, 0.2) is 0 Å². The zero-order valence-electron chi connectivity index (χ0n) is 21.7. The van der Waals surface area contributed by atoms with E-state index >= 15 is 0 Å². The van der Waals surface area contributed by atoms with Crippen LogP contribution >= 0.6 is 0 Å². The maximum Gasteiger partial charge on any atom is 0.305 e. The molecule has 0 spiro atoms. The first-order valence-electron chi connectivity index (χ1n) is 13.3. The van der Waals surface area contributed by atoms with Crippen molar-refractivity contribution in [3.8, 4) is 0 Å². The highest BCUT2D eigenvalue weighted by molar-refractivity contribution is 5.69. The molecule has 0 aliphatic carbocycles. The van der Waals surface area contributed by atoms with E-state index in [0.29, 0.717) is 26.2 Å². The van der Waals surface area contributed by atoms with Crippen molar-refractivity contribution in [3.63, 3.8) is 0 Å². The predicted octanol–water partition coefficient (Wildman–Crippen LogP) is 6.20. The van der Waals surface area contributed by atoms with Crippen molar-refractivity contribution in [2.24, 2.45) is 0 Å². The number of carboxylic acid groups (broad SMARTS) is 1. The van der Waals surface area contributed by atoms with Crippen molar-refractivity contribution in [2.75, 3.05) is 34.0 Å². The molecule has 0 rings (SSSR count). The molecule has 0 aliphatic heterocycles. The highest BCUT2D eigenvalue weighted by Crippen LogP contribution is 2.11. The van der Waals surface area contributed by atoms with Crippen LogP contribution in [-0.2, 0) is 33.6 Å². The Morgan fingerprint density at radius 1 is 0.588 bits per heavy atom. The van der Waals surface area contributed by atoms with Crippen LogP contribution in [0.2, 0.25) is 0 Å². The molecule has 0 aromatic carbocycles. The number of hydrogen-bond acceptors (Lipinski definition) is 7. The summed E-state index contributed by atoms with van der Waals surface area (Å²) in [5.41, 5.74) is 0. The largest absolute Gasteiger partial charge is 0.481 e. The lowest BCUT2D eigenvalue weighted by atomic mass is 10.1. The standard InChI is InChI=1S/C26H50O8/c1-30-26(31-2)20-17-21-32-25(29)19-14-10-6-4-8-12-16-23-34-33-22-15-11-7-3-5-9-13-18-24(27)28/h26H,3-23H2,1-2H3,(H,27,28). The van der Waals surface area contributed by atoms with Crippen LogP contribution in [0.3, 0.4) is 0 Å². The molecule has 0 aromatic heterocycles. The summed E-state index contributed by atoms with van der Waals surface area (Å²) < 4.78 is 15.4. The summed E-state index contributed by atoms with van der Waals surface area (Å²) in [5, 5.41) is 8.58.